The number of nitrogens with one attached hydrogen (secondary N) is 2. The SMILES string of the molecule is COC(=O)c1ccccc1NC(=O)CSc1nc2cc(C)[nH]c2c(=O)n1Cc1ccco1. The predicted molar refractivity (Wildman–Crippen MR) is 120 cm³/mol. The lowest BCUT2D eigenvalue weighted by atomic mass is 10.2. The molecule has 0 aliphatic heterocycles. The van der Waals surface area contributed by atoms with Crippen LogP contribution in [0.3, 0.4) is 0 Å². The van der Waals surface area contributed by atoms with Gasteiger partial charge in [0, 0.05) is 5.69 Å². The third-order valence-electron chi connectivity index (χ3n) is 4.67. The summed E-state index contributed by atoms with van der Waals surface area (Å²) in [7, 11) is 1.28. The summed E-state index contributed by atoms with van der Waals surface area (Å²) in [6.07, 6.45) is 1.53. The molecule has 0 radical (unpaired) electrons. The van der Waals surface area contributed by atoms with Crippen LogP contribution in [0, 0.1) is 6.92 Å². The molecule has 1 amide bonds. The fraction of sp³-hybridized carbons (Fsp3) is 0.182. The van der Waals surface area contributed by atoms with Crippen molar-refractivity contribution in [3.63, 3.8) is 0 Å². The number of H-pyrrole nitrogens is 1. The van der Waals surface area contributed by atoms with E-state index in [9.17, 15) is 14.4 Å². The maximum absolute atomic E-state index is 13.1. The number of fused-ring (bicyclic) bond motifs is 1. The molecule has 4 rings (SSSR count). The molecule has 9 nitrogen and oxygen atoms in total. The first kappa shape index (κ1) is 21.4. The van der Waals surface area contributed by atoms with Crippen molar-refractivity contribution in [3.05, 3.63) is 76.1 Å². The number of aromatic nitrogens is 3. The highest BCUT2D eigenvalue weighted by molar-refractivity contribution is 7.99. The van der Waals surface area contributed by atoms with Crippen molar-refractivity contribution in [2.45, 2.75) is 18.6 Å². The highest BCUT2D eigenvalue weighted by atomic mass is 32.2. The Morgan fingerprint density at radius 2 is 2.06 bits per heavy atom. The van der Waals surface area contributed by atoms with Crippen molar-refractivity contribution < 1.29 is 18.7 Å². The molecule has 2 N–H and O–H groups in total. The lowest BCUT2D eigenvalue weighted by Gasteiger charge is -2.12. The van der Waals surface area contributed by atoms with Gasteiger partial charge >= 0.3 is 5.97 Å². The molecule has 0 spiro atoms. The number of furan rings is 1. The first-order valence-electron chi connectivity index (χ1n) is 9.69. The maximum atomic E-state index is 13.1. The van der Waals surface area contributed by atoms with Crippen LogP contribution in [0.5, 0.6) is 0 Å². The average molecular weight is 452 g/mol. The number of methoxy groups -OCH3 is 1. The number of aryl methyl sites for hydroxylation is 1. The van der Waals surface area contributed by atoms with Gasteiger partial charge in [-0.3, -0.25) is 14.2 Å². The zero-order valence-corrected chi connectivity index (χ0v) is 18.2. The second-order valence-electron chi connectivity index (χ2n) is 6.95. The lowest BCUT2D eigenvalue weighted by Crippen LogP contribution is -2.25. The summed E-state index contributed by atoms with van der Waals surface area (Å²) in [4.78, 5) is 45.2. The van der Waals surface area contributed by atoms with Gasteiger partial charge in [0.1, 0.15) is 11.3 Å². The largest absolute Gasteiger partial charge is 0.467 e. The number of aromatic amines is 1. The number of anilines is 1. The number of nitrogens with zero attached hydrogens (tertiary/aromatic N) is 2. The Bertz CT molecular complexity index is 1340. The Kier molecular flexibility index (Phi) is 6.13. The minimum Gasteiger partial charge on any atom is -0.467 e. The van der Waals surface area contributed by atoms with Gasteiger partial charge in [-0.25, -0.2) is 9.78 Å². The molecule has 0 atom stereocenters. The van der Waals surface area contributed by atoms with E-state index in [-0.39, 0.29) is 29.3 Å². The van der Waals surface area contributed by atoms with Crippen LogP contribution in [0.25, 0.3) is 11.0 Å². The molecule has 32 heavy (non-hydrogen) atoms. The van der Waals surface area contributed by atoms with Gasteiger partial charge in [0.2, 0.25) is 5.91 Å². The summed E-state index contributed by atoms with van der Waals surface area (Å²) >= 11 is 1.12. The van der Waals surface area contributed by atoms with Crippen LogP contribution in [0.4, 0.5) is 5.69 Å². The summed E-state index contributed by atoms with van der Waals surface area (Å²) < 4.78 is 11.6. The van der Waals surface area contributed by atoms with Crippen LogP contribution < -0.4 is 10.9 Å². The van der Waals surface area contributed by atoms with Crippen LogP contribution in [-0.4, -0.2) is 39.3 Å². The molecule has 0 unspecified atom stereocenters. The van der Waals surface area contributed by atoms with E-state index in [1.54, 1.807) is 42.5 Å². The number of rotatable bonds is 7. The molecule has 0 saturated heterocycles. The van der Waals surface area contributed by atoms with E-state index in [2.05, 4.69) is 15.3 Å². The summed E-state index contributed by atoms with van der Waals surface area (Å²) in [5.41, 5.74) is 2.09. The van der Waals surface area contributed by atoms with Crippen molar-refractivity contribution in [2.75, 3.05) is 18.2 Å². The molecule has 4 aromatic rings. The minimum atomic E-state index is -0.546. The predicted octanol–water partition coefficient (Wildman–Crippen LogP) is 3.19. The van der Waals surface area contributed by atoms with Gasteiger partial charge in [0.15, 0.2) is 5.16 Å². The number of thioether (sulfide) groups is 1. The van der Waals surface area contributed by atoms with Gasteiger partial charge in [-0.2, -0.15) is 0 Å². The van der Waals surface area contributed by atoms with Crippen molar-refractivity contribution in [2.24, 2.45) is 0 Å². The number of para-hydroxylation sites is 1. The smallest absolute Gasteiger partial charge is 0.339 e. The standard InChI is InChI=1S/C22H20N4O5S/c1-13-10-17-19(23-13)20(28)26(11-14-6-5-9-31-14)22(25-17)32-12-18(27)24-16-8-4-3-7-15(16)21(29)30-2/h3-10,23H,11-12H2,1-2H3,(H,24,27). The summed E-state index contributed by atoms with van der Waals surface area (Å²) in [6.45, 7) is 2.03. The van der Waals surface area contributed by atoms with Crippen LogP contribution in [0.15, 0.2) is 63.1 Å². The quantitative estimate of drug-likeness (QED) is 0.251. The van der Waals surface area contributed by atoms with Crippen molar-refractivity contribution in [1.29, 1.82) is 0 Å². The Balaban J connectivity index is 1.58. The molecule has 0 bridgehead atoms. The van der Waals surface area contributed by atoms with Crippen molar-refractivity contribution in [3.8, 4) is 0 Å². The number of carbonyl (C=O) groups is 2. The number of carbonyl (C=O) groups excluding carboxylic acids is 2. The fourth-order valence-corrected chi connectivity index (χ4v) is 4.01. The number of benzene rings is 1. The van der Waals surface area contributed by atoms with E-state index < -0.39 is 5.97 Å². The van der Waals surface area contributed by atoms with Crippen LogP contribution in [0.2, 0.25) is 0 Å². The molecule has 3 aromatic heterocycles. The number of ether oxygens (including phenoxy) is 1. The molecule has 0 fully saturated rings. The number of amides is 1. The molecular weight excluding hydrogens is 432 g/mol. The van der Waals surface area contributed by atoms with E-state index in [1.165, 1.54) is 17.9 Å². The second kappa shape index (κ2) is 9.15. The van der Waals surface area contributed by atoms with Gasteiger partial charge < -0.3 is 19.5 Å². The number of hydrogen-bond acceptors (Lipinski definition) is 7. The van der Waals surface area contributed by atoms with Gasteiger partial charge in [-0.1, -0.05) is 23.9 Å². The van der Waals surface area contributed by atoms with E-state index >= 15 is 0 Å². The molecule has 10 heteroatoms. The normalized spacial score (nSPS) is 10.9. The van der Waals surface area contributed by atoms with Gasteiger partial charge in [0.25, 0.3) is 5.56 Å². The highest BCUT2D eigenvalue weighted by Crippen LogP contribution is 2.21. The van der Waals surface area contributed by atoms with E-state index in [0.29, 0.717) is 27.6 Å². The zero-order valence-electron chi connectivity index (χ0n) is 17.4. The number of hydrogen-bond donors (Lipinski definition) is 2. The van der Waals surface area contributed by atoms with Gasteiger partial charge in [-0.05, 0) is 37.3 Å². The molecule has 0 aliphatic carbocycles. The van der Waals surface area contributed by atoms with Crippen LogP contribution in [0.1, 0.15) is 21.8 Å². The molecule has 164 valence electrons. The Morgan fingerprint density at radius 3 is 2.81 bits per heavy atom. The van der Waals surface area contributed by atoms with Gasteiger partial charge in [0.05, 0.1) is 42.4 Å². The second-order valence-corrected chi connectivity index (χ2v) is 7.89. The molecule has 1 aromatic carbocycles. The first-order valence-corrected chi connectivity index (χ1v) is 10.7. The van der Waals surface area contributed by atoms with Crippen LogP contribution in [-0.2, 0) is 16.1 Å². The highest BCUT2D eigenvalue weighted by Gasteiger charge is 2.17. The monoisotopic (exact) mass is 452 g/mol. The Morgan fingerprint density at radius 1 is 1.25 bits per heavy atom. The minimum absolute atomic E-state index is 0.0188. The maximum Gasteiger partial charge on any atom is 0.339 e. The van der Waals surface area contributed by atoms with Crippen LogP contribution >= 0.6 is 11.8 Å². The third kappa shape index (κ3) is 4.45. The van der Waals surface area contributed by atoms with E-state index in [0.717, 1.165) is 17.5 Å². The molecular formula is C22H20N4O5S. The molecule has 3 heterocycles. The Labute approximate surface area is 186 Å². The summed E-state index contributed by atoms with van der Waals surface area (Å²) in [6, 6.07) is 11.9. The van der Waals surface area contributed by atoms with Gasteiger partial charge in [-0.15, -0.1) is 0 Å². The number of esters is 1. The fourth-order valence-electron chi connectivity index (χ4n) is 3.22. The van der Waals surface area contributed by atoms with Crippen molar-refractivity contribution in [1.82, 2.24) is 14.5 Å². The van der Waals surface area contributed by atoms with E-state index in [1.807, 2.05) is 6.92 Å². The summed E-state index contributed by atoms with van der Waals surface area (Å²) in [5.74, 6) is -0.323. The zero-order chi connectivity index (χ0) is 22.7. The lowest BCUT2D eigenvalue weighted by molar-refractivity contribution is -0.113. The summed E-state index contributed by atoms with van der Waals surface area (Å²) in [5, 5.41) is 3.10. The average Bonchev–Trinajstić information content (AvgIpc) is 3.43. The molecule has 0 saturated carbocycles. The van der Waals surface area contributed by atoms with E-state index in [4.69, 9.17) is 9.15 Å². The Hall–Kier alpha value is -3.79. The third-order valence-corrected chi connectivity index (χ3v) is 5.65. The van der Waals surface area contributed by atoms with Crippen molar-refractivity contribution >= 4 is 40.4 Å². The molecule has 0 aliphatic rings. The first-order chi connectivity index (χ1) is 15.5. The topological polar surface area (TPSA) is 119 Å².